The van der Waals surface area contributed by atoms with Crippen LogP contribution >= 0.6 is 0 Å². The Morgan fingerprint density at radius 1 is 1.17 bits per heavy atom. The number of carbonyl (C=O) groups excluding carboxylic acids is 2. The van der Waals surface area contributed by atoms with Gasteiger partial charge in [-0.1, -0.05) is 30.3 Å². The molecule has 1 unspecified atom stereocenters. The largest absolute Gasteiger partial charge is 0.453 e. The summed E-state index contributed by atoms with van der Waals surface area (Å²) in [6, 6.07) is 9.54. The Labute approximate surface area is 170 Å². The van der Waals surface area contributed by atoms with Crippen molar-refractivity contribution in [3.63, 3.8) is 0 Å². The van der Waals surface area contributed by atoms with Gasteiger partial charge in [0.25, 0.3) is 5.91 Å². The molecule has 0 spiro atoms. The van der Waals surface area contributed by atoms with Crippen molar-refractivity contribution in [2.75, 3.05) is 5.32 Å². The number of benzene rings is 1. The minimum atomic E-state index is -1.00. The number of amides is 1. The van der Waals surface area contributed by atoms with Crippen molar-refractivity contribution in [2.45, 2.75) is 25.9 Å². The lowest BCUT2D eigenvalue weighted by atomic mass is 10.2. The number of imidazole rings is 1. The first kappa shape index (κ1) is 19.2. The standard InChI is InChI=1S/C20H18N6O4/c1-12(20(28)26-19-17-18(23-10-22-17)24-11-25-19)29-16(27)8-7-15-21-9-14(30-15)13-5-3-2-4-6-13/h2-6,9-12H,7-8H2,1H3,(H2,22,23,24,25,26,28). The maximum atomic E-state index is 12.3. The fourth-order valence-corrected chi connectivity index (χ4v) is 2.76. The summed E-state index contributed by atoms with van der Waals surface area (Å²) >= 11 is 0. The Balaban J connectivity index is 1.29. The fourth-order valence-electron chi connectivity index (χ4n) is 2.76. The number of aryl methyl sites for hydroxylation is 1. The van der Waals surface area contributed by atoms with Crippen LogP contribution in [0, 0.1) is 0 Å². The summed E-state index contributed by atoms with van der Waals surface area (Å²) in [7, 11) is 0. The summed E-state index contributed by atoms with van der Waals surface area (Å²) in [5.41, 5.74) is 1.81. The van der Waals surface area contributed by atoms with E-state index in [4.69, 9.17) is 9.15 Å². The zero-order chi connectivity index (χ0) is 20.9. The van der Waals surface area contributed by atoms with Crippen molar-refractivity contribution >= 4 is 28.9 Å². The monoisotopic (exact) mass is 406 g/mol. The number of esters is 1. The van der Waals surface area contributed by atoms with Gasteiger partial charge in [-0.2, -0.15) is 0 Å². The average Bonchev–Trinajstić information content (AvgIpc) is 3.43. The molecule has 0 bridgehead atoms. The molecule has 3 aromatic heterocycles. The number of nitrogens with one attached hydrogen (secondary N) is 2. The third-order valence-electron chi connectivity index (χ3n) is 4.30. The van der Waals surface area contributed by atoms with Crippen LogP contribution in [0.4, 0.5) is 5.82 Å². The highest BCUT2D eigenvalue weighted by Gasteiger charge is 2.20. The number of carbonyl (C=O) groups is 2. The van der Waals surface area contributed by atoms with E-state index in [1.54, 1.807) is 6.20 Å². The van der Waals surface area contributed by atoms with Crippen LogP contribution in [0.1, 0.15) is 19.2 Å². The number of oxazole rings is 1. The number of hydrogen-bond acceptors (Lipinski definition) is 8. The molecule has 0 fully saturated rings. The first-order valence-corrected chi connectivity index (χ1v) is 9.24. The van der Waals surface area contributed by atoms with Crippen molar-refractivity contribution in [3.05, 3.63) is 55.1 Å². The van der Waals surface area contributed by atoms with E-state index in [0.717, 1.165) is 5.56 Å². The maximum absolute atomic E-state index is 12.3. The number of aromatic amines is 1. The Morgan fingerprint density at radius 2 is 2.00 bits per heavy atom. The lowest BCUT2D eigenvalue weighted by Gasteiger charge is -2.13. The van der Waals surface area contributed by atoms with Crippen LogP contribution in [0.3, 0.4) is 0 Å². The second-order valence-corrected chi connectivity index (χ2v) is 6.43. The highest BCUT2D eigenvalue weighted by atomic mass is 16.5. The first-order chi connectivity index (χ1) is 14.6. The van der Waals surface area contributed by atoms with Crippen molar-refractivity contribution in [3.8, 4) is 11.3 Å². The van der Waals surface area contributed by atoms with E-state index in [-0.39, 0.29) is 18.7 Å². The summed E-state index contributed by atoms with van der Waals surface area (Å²) in [5.74, 6) is 0.262. The summed E-state index contributed by atoms with van der Waals surface area (Å²) in [5, 5.41) is 2.60. The zero-order valence-corrected chi connectivity index (χ0v) is 16.0. The molecule has 0 aliphatic heterocycles. The van der Waals surface area contributed by atoms with Crippen LogP contribution in [0.5, 0.6) is 0 Å². The second kappa shape index (κ2) is 8.52. The van der Waals surface area contributed by atoms with E-state index >= 15 is 0 Å². The highest BCUT2D eigenvalue weighted by molar-refractivity contribution is 5.99. The van der Waals surface area contributed by atoms with E-state index in [0.29, 0.717) is 22.8 Å². The molecule has 1 amide bonds. The third kappa shape index (κ3) is 4.32. The topological polar surface area (TPSA) is 136 Å². The van der Waals surface area contributed by atoms with Crippen molar-refractivity contribution < 1.29 is 18.7 Å². The number of aromatic nitrogens is 5. The Morgan fingerprint density at radius 3 is 2.83 bits per heavy atom. The lowest BCUT2D eigenvalue weighted by molar-refractivity contribution is -0.153. The van der Waals surface area contributed by atoms with Crippen LogP contribution in [-0.2, 0) is 20.7 Å². The third-order valence-corrected chi connectivity index (χ3v) is 4.30. The molecule has 0 aliphatic carbocycles. The van der Waals surface area contributed by atoms with Crippen molar-refractivity contribution in [1.29, 1.82) is 0 Å². The quantitative estimate of drug-likeness (QED) is 0.447. The van der Waals surface area contributed by atoms with Crippen LogP contribution in [0.25, 0.3) is 22.5 Å². The molecule has 152 valence electrons. The van der Waals surface area contributed by atoms with Crippen LogP contribution in [-0.4, -0.2) is 42.9 Å². The summed E-state index contributed by atoms with van der Waals surface area (Å²) in [6.45, 7) is 1.48. The van der Waals surface area contributed by atoms with Gasteiger partial charge in [-0.05, 0) is 6.92 Å². The van der Waals surface area contributed by atoms with Gasteiger partial charge in [-0.25, -0.2) is 19.9 Å². The Kier molecular flexibility index (Phi) is 5.46. The molecule has 0 saturated heterocycles. The molecule has 4 aromatic rings. The van der Waals surface area contributed by atoms with Crippen LogP contribution in [0.2, 0.25) is 0 Å². The smallest absolute Gasteiger partial charge is 0.307 e. The van der Waals surface area contributed by atoms with Gasteiger partial charge in [-0.15, -0.1) is 0 Å². The number of H-pyrrole nitrogens is 1. The highest BCUT2D eigenvalue weighted by Crippen LogP contribution is 2.20. The predicted molar refractivity (Wildman–Crippen MR) is 106 cm³/mol. The van der Waals surface area contributed by atoms with Gasteiger partial charge in [0.15, 0.2) is 29.2 Å². The number of fused-ring (bicyclic) bond motifs is 1. The molecule has 10 nitrogen and oxygen atoms in total. The van der Waals surface area contributed by atoms with Gasteiger partial charge < -0.3 is 19.5 Å². The van der Waals surface area contributed by atoms with E-state index in [9.17, 15) is 9.59 Å². The number of nitrogens with zero attached hydrogens (tertiary/aromatic N) is 4. The lowest BCUT2D eigenvalue weighted by Crippen LogP contribution is -2.30. The molecule has 2 N–H and O–H groups in total. The molecular formula is C20H18N6O4. The first-order valence-electron chi connectivity index (χ1n) is 9.24. The SMILES string of the molecule is CC(OC(=O)CCc1ncc(-c2ccccc2)o1)C(=O)Nc1ncnc2nc[nH]c12. The molecule has 3 heterocycles. The molecule has 0 radical (unpaired) electrons. The van der Waals surface area contributed by atoms with Crippen molar-refractivity contribution in [2.24, 2.45) is 0 Å². The Bertz CT molecular complexity index is 1170. The Hall–Kier alpha value is -4.08. The van der Waals surface area contributed by atoms with E-state index in [1.807, 2.05) is 30.3 Å². The summed E-state index contributed by atoms with van der Waals surface area (Å²) in [6.07, 6.45) is 3.64. The second-order valence-electron chi connectivity index (χ2n) is 6.43. The molecule has 0 saturated carbocycles. The van der Waals surface area contributed by atoms with Gasteiger partial charge in [-0.3, -0.25) is 9.59 Å². The predicted octanol–water partition coefficient (Wildman–Crippen LogP) is 2.51. The molecule has 10 heteroatoms. The summed E-state index contributed by atoms with van der Waals surface area (Å²) < 4.78 is 10.9. The molecular weight excluding hydrogens is 388 g/mol. The number of anilines is 1. The van der Waals surface area contributed by atoms with Gasteiger partial charge >= 0.3 is 5.97 Å². The van der Waals surface area contributed by atoms with Gasteiger partial charge in [0, 0.05) is 12.0 Å². The zero-order valence-electron chi connectivity index (χ0n) is 16.0. The summed E-state index contributed by atoms with van der Waals surface area (Å²) in [4.78, 5) is 43.5. The van der Waals surface area contributed by atoms with Crippen LogP contribution < -0.4 is 5.32 Å². The van der Waals surface area contributed by atoms with Gasteiger partial charge in [0.05, 0.1) is 18.9 Å². The maximum Gasteiger partial charge on any atom is 0.307 e. The minimum Gasteiger partial charge on any atom is -0.453 e. The van der Waals surface area contributed by atoms with Crippen LogP contribution in [0.15, 0.2) is 53.6 Å². The van der Waals surface area contributed by atoms with Gasteiger partial charge in [0.1, 0.15) is 11.8 Å². The van der Waals surface area contributed by atoms with E-state index in [2.05, 4.69) is 30.2 Å². The molecule has 4 rings (SSSR count). The van der Waals surface area contributed by atoms with Gasteiger partial charge in [0.2, 0.25) is 0 Å². The molecule has 30 heavy (non-hydrogen) atoms. The fraction of sp³-hybridized carbons (Fsp3) is 0.200. The molecule has 1 aromatic carbocycles. The van der Waals surface area contributed by atoms with Crippen molar-refractivity contribution in [1.82, 2.24) is 24.9 Å². The normalized spacial score (nSPS) is 11.9. The van der Waals surface area contributed by atoms with E-state index < -0.39 is 18.0 Å². The number of hydrogen-bond donors (Lipinski definition) is 2. The number of ether oxygens (including phenoxy) is 1. The molecule has 1 atom stereocenters. The number of rotatable bonds is 7. The van der Waals surface area contributed by atoms with E-state index in [1.165, 1.54) is 19.6 Å². The molecule has 0 aliphatic rings. The minimum absolute atomic E-state index is 0.0324. The average molecular weight is 406 g/mol.